The Morgan fingerprint density at radius 2 is 1.71 bits per heavy atom. The summed E-state index contributed by atoms with van der Waals surface area (Å²) < 4.78 is 11.4. The smallest absolute Gasteiger partial charge is 0.263 e. The van der Waals surface area contributed by atoms with Gasteiger partial charge in [-0.15, -0.1) is 0 Å². The third-order valence-electron chi connectivity index (χ3n) is 5.94. The van der Waals surface area contributed by atoms with Crippen molar-refractivity contribution in [3.63, 3.8) is 0 Å². The predicted molar refractivity (Wildman–Crippen MR) is 124 cm³/mol. The molecule has 0 N–H and O–H groups in total. The minimum Gasteiger partial charge on any atom is -0.494 e. The summed E-state index contributed by atoms with van der Waals surface area (Å²) in [6, 6.07) is 11.5. The molecule has 2 aromatic carbocycles. The van der Waals surface area contributed by atoms with Gasteiger partial charge >= 0.3 is 0 Å². The van der Waals surface area contributed by atoms with Crippen LogP contribution in [0.2, 0.25) is 0 Å². The maximum absolute atomic E-state index is 13.3. The molecule has 174 valence electrons. The van der Waals surface area contributed by atoms with Crippen LogP contribution in [0.25, 0.3) is 11.5 Å². The molecule has 0 spiro atoms. The van der Waals surface area contributed by atoms with Crippen LogP contribution in [-0.2, 0) is 16.1 Å². The lowest BCUT2D eigenvalue weighted by molar-refractivity contribution is -0.123. The summed E-state index contributed by atoms with van der Waals surface area (Å²) in [5, 5.41) is 9.77. The summed E-state index contributed by atoms with van der Waals surface area (Å²) in [4.78, 5) is 32.2. The lowest BCUT2D eigenvalue weighted by Gasteiger charge is -2.20. The van der Waals surface area contributed by atoms with Crippen molar-refractivity contribution in [3.8, 4) is 17.2 Å². The topological polar surface area (TPSA) is 101 Å². The largest absolute Gasteiger partial charge is 0.494 e. The first-order valence-electron chi connectivity index (χ1n) is 11.2. The number of oxazole rings is 1. The van der Waals surface area contributed by atoms with Gasteiger partial charge in [0.25, 0.3) is 11.8 Å². The Kier molecular flexibility index (Phi) is 5.39. The highest BCUT2D eigenvalue weighted by Gasteiger charge is 2.55. The van der Waals surface area contributed by atoms with Crippen LogP contribution in [0.3, 0.4) is 0 Å². The molecule has 34 heavy (non-hydrogen) atoms. The molecule has 5 rings (SSSR count). The highest BCUT2D eigenvalue weighted by molar-refractivity contribution is 6.25. The van der Waals surface area contributed by atoms with E-state index in [4.69, 9.17) is 9.15 Å². The number of carbonyl (C=O) groups is 2. The maximum Gasteiger partial charge on any atom is 0.263 e. The van der Waals surface area contributed by atoms with Crippen molar-refractivity contribution < 1.29 is 18.7 Å². The van der Waals surface area contributed by atoms with E-state index in [1.165, 1.54) is 9.91 Å². The summed E-state index contributed by atoms with van der Waals surface area (Å²) in [6.45, 7) is 8.41. The van der Waals surface area contributed by atoms with Gasteiger partial charge in [0.1, 0.15) is 17.2 Å². The number of aryl methyl sites for hydroxylation is 3. The molecule has 3 heterocycles. The van der Waals surface area contributed by atoms with Gasteiger partial charge in [-0.1, -0.05) is 11.3 Å². The van der Waals surface area contributed by atoms with Crippen molar-refractivity contribution in [2.24, 2.45) is 10.3 Å². The number of hydrogen-bond donors (Lipinski definition) is 0. The van der Waals surface area contributed by atoms with Gasteiger partial charge in [-0.25, -0.2) is 9.88 Å². The third-order valence-corrected chi connectivity index (χ3v) is 5.94. The number of rotatable bonds is 6. The maximum atomic E-state index is 13.3. The lowest BCUT2D eigenvalue weighted by Crippen LogP contribution is -2.39. The Hall–Kier alpha value is -4.01. The molecule has 0 bridgehead atoms. The van der Waals surface area contributed by atoms with Crippen LogP contribution in [0.1, 0.15) is 29.5 Å². The van der Waals surface area contributed by atoms with E-state index in [0.717, 1.165) is 22.4 Å². The molecule has 0 unspecified atom stereocenters. The van der Waals surface area contributed by atoms with E-state index in [2.05, 4.69) is 15.3 Å². The average molecular weight is 460 g/mol. The fraction of sp³-hybridized carbons (Fsp3) is 0.320. The van der Waals surface area contributed by atoms with Crippen LogP contribution in [0.4, 0.5) is 5.69 Å². The van der Waals surface area contributed by atoms with E-state index in [1.54, 1.807) is 0 Å². The number of imide groups is 1. The number of fused-ring (bicyclic) bond motifs is 1. The molecule has 9 heteroatoms. The molecular weight excluding hydrogens is 434 g/mol. The monoisotopic (exact) mass is 459 g/mol. The van der Waals surface area contributed by atoms with Crippen molar-refractivity contribution in [2.45, 2.75) is 46.3 Å². The summed E-state index contributed by atoms with van der Waals surface area (Å²) in [6.07, 6.45) is 0. The van der Waals surface area contributed by atoms with Crippen molar-refractivity contribution in [1.29, 1.82) is 0 Å². The molecule has 2 aliphatic heterocycles. The van der Waals surface area contributed by atoms with Crippen LogP contribution < -0.4 is 9.64 Å². The standard InChI is InChI=1S/C25H25N5O4/c1-5-33-19-8-6-17(7-9-19)23-26-20(16(4)34-23)13-29-22-21(27-28-29)24(31)30(25(22)32)18-11-14(2)10-15(3)12-18/h6-12,21-22H,5,13H2,1-4H3/t21-,22-/m1/s1. The fourth-order valence-corrected chi connectivity index (χ4v) is 4.40. The molecule has 0 saturated carbocycles. The van der Waals surface area contributed by atoms with Crippen molar-refractivity contribution in [2.75, 3.05) is 11.5 Å². The summed E-state index contributed by atoms with van der Waals surface area (Å²) in [5.74, 6) is 1.16. The molecule has 1 saturated heterocycles. The minimum absolute atomic E-state index is 0.205. The second-order valence-corrected chi connectivity index (χ2v) is 8.53. The van der Waals surface area contributed by atoms with E-state index < -0.39 is 12.1 Å². The number of anilines is 1. The van der Waals surface area contributed by atoms with Crippen LogP contribution >= 0.6 is 0 Å². The first-order chi connectivity index (χ1) is 16.4. The van der Waals surface area contributed by atoms with Crippen molar-refractivity contribution in [1.82, 2.24) is 9.99 Å². The molecule has 2 atom stereocenters. The SMILES string of the molecule is CCOc1ccc(-c2nc(CN3N=N[C@H]4C(=O)N(c5cc(C)cc(C)c5)C(=O)[C@@H]43)c(C)o2)cc1. The van der Waals surface area contributed by atoms with Gasteiger partial charge in [0, 0.05) is 5.56 Å². The number of aromatic nitrogens is 1. The summed E-state index contributed by atoms with van der Waals surface area (Å²) in [5.41, 5.74) is 3.96. The second-order valence-electron chi connectivity index (χ2n) is 8.53. The zero-order valence-corrected chi connectivity index (χ0v) is 19.5. The molecule has 9 nitrogen and oxygen atoms in total. The Bertz CT molecular complexity index is 1280. The zero-order valence-electron chi connectivity index (χ0n) is 19.5. The van der Waals surface area contributed by atoms with Crippen molar-refractivity contribution in [3.05, 3.63) is 65.0 Å². The number of nitrogens with zero attached hydrogens (tertiary/aromatic N) is 5. The van der Waals surface area contributed by atoms with Crippen LogP contribution in [0.5, 0.6) is 5.75 Å². The molecule has 2 amide bonds. The fourth-order valence-electron chi connectivity index (χ4n) is 4.40. The van der Waals surface area contributed by atoms with Gasteiger partial charge in [-0.2, -0.15) is 5.11 Å². The van der Waals surface area contributed by atoms with Crippen LogP contribution in [-0.4, -0.2) is 40.5 Å². The number of carbonyl (C=O) groups excluding carboxylic acids is 2. The third kappa shape index (κ3) is 3.72. The lowest BCUT2D eigenvalue weighted by atomic mass is 10.1. The Morgan fingerprint density at radius 3 is 2.38 bits per heavy atom. The van der Waals surface area contributed by atoms with E-state index in [1.807, 2.05) is 70.2 Å². The predicted octanol–water partition coefficient (Wildman–Crippen LogP) is 4.16. The van der Waals surface area contributed by atoms with Gasteiger partial charge in [0.15, 0.2) is 12.1 Å². The molecule has 1 fully saturated rings. The molecule has 0 aliphatic carbocycles. The molecule has 1 aromatic heterocycles. The first-order valence-corrected chi connectivity index (χ1v) is 11.2. The number of ether oxygens (including phenoxy) is 1. The van der Waals surface area contributed by atoms with Gasteiger partial charge in [-0.3, -0.25) is 14.6 Å². The Balaban J connectivity index is 1.37. The van der Waals surface area contributed by atoms with Gasteiger partial charge < -0.3 is 9.15 Å². The molecule has 0 radical (unpaired) electrons. The van der Waals surface area contributed by atoms with Gasteiger partial charge in [-0.05, 0) is 75.2 Å². The van der Waals surface area contributed by atoms with E-state index in [9.17, 15) is 9.59 Å². The normalized spacial score (nSPS) is 19.3. The first kappa shape index (κ1) is 21.8. The van der Waals surface area contributed by atoms with Gasteiger partial charge in [0.05, 0.1) is 18.8 Å². The second kappa shape index (κ2) is 8.40. The Labute approximate surface area is 197 Å². The van der Waals surface area contributed by atoms with E-state index >= 15 is 0 Å². The van der Waals surface area contributed by atoms with Crippen LogP contribution in [0, 0.1) is 20.8 Å². The van der Waals surface area contributed by atoms with Crippen LogP contribution in [0.15, 0.2) is 57.2 Å². The van der Waals surface area contributed by atoms with Crippen molar-refractivity contribution >= 4 is 17.5 Å². The summed E-state index contributed by atoms with van der Waals surface area (Å²) in [7, 11) is 0. The van der Waals surface area contributed by atoms with E-state index in [0.29, 0.717) is 29.6 Å². The Morgan fingerprint density at radius 1 is 1.00 bits per heavy atom. The van der Waals surface area contributed by atoms with E-state index in [-0.39, 0.29) is 18.4 Å². The quantitative estimate of drug-likeness (QED) is 0.513. The highest BCUT2D eigenvalue weighted by atomic mass is 16.5. The minimum atomic E-state index is -0.855. The number of amides is 2. The molecule has 2 aliphatic rings. The molecule has 3 aromatic rings. The number of benzene rings is 2. The molecular formula is C25H25N5O4. The summed E-state index contributed by atoms with van der Waals surface area (Å²) >= 11 is 0. The average Bonchev–Trinajstić information content (AvgIpc) is 3.44. The number of hydrogen-bond acceptors (Lipinski definition) is 8. The highest BCUT2D eigenvalue weighted by Crippen LogP contribution is 2.34. The van der Waals surface area contributed by atoms with Gasteiger partial charge in [0.2, 0.25) is 5.89 Å². The zero-order chi connectivity index (χ0) is 24.0.